The smallest absolute Gasteiger partial charge is 0.167 e. The zero-order chi connectivity index (χ0) is 10.8. The Morgan fingerprint density at radius 2 is 2.07 bits per heavy atom. The van der Waals surface area contributed by atoms with Crippen LogP contribution in [0.1, 0.15) is 23.7 Å². The van der Waals surface area contributed by atoms with E-state index < -0.39 is 0 Å². The number of carbonyl (C=O) groups is 1. The average Bonchev–Trinajstić information content (AvgIpc) is 2.65. The maximum Gasteiger partial charge on any atom is 0.167 e. The van der Waals surface area contributed by atoms with Gasteiger partial charge in [-0.25, -0.2) is 4.39 Å². The van der Waals surface area contributed by atoms with Crippen molar-refractivity contribution in [3.8, 4) is 0 Å². The van der Waals surface area contributed by atoms with Crippen LogP contribution in [0.3, 0.4) is 0 Å². The molecule has 0 radical (unpaired) electrons. The van der Waals surface area contributed by atoms with Crippen LogP contribution in [0, 0.1) is 11.7 Å². The molecule has 0 saturated carbocycles. The fourth-order valence-corrected chi connectivity index (χ4v) is 2.05. The number of hydrogen-bond donors (Lipinski definition) is 1. The number of ketones is 1. The van der Waals surface area contributed by atoms with Crippen LogP contribution in [0.4, 0.5) is 4.39 Å². The Labute approximate surface area is 88.5 Å². The van der Waals surface area contributed by atoms with E-state index in [9.17, 15) is 9.18 Å². The van der Waals surface area contributed by atoms with Gasteiger partial charge in [-0.1, -0.05) is 0 Å². The van der Waals surface area contributed by atoms with Gasteiger partial charge in [0, 0.05) is 17.5 Å². The molecule has 0 bridgehead atoms. The van der Waals surface area contributed by atoms with Crippen LogP contribution in [0.15, 0.2) is 24.3 Å². The first-order valence-corrected chi connectivity index (χ1v) is 5.21. The van der Waals surface area contributed by atoms with E-state index in [1.165, 1.54) is 12.1 Å². The van der Waals surface area contributed by atoms with E-state index in [2.05, 4.69) is 5.32 Å². The molecule has 1 aromatic rings. The van der Waals surface area contributed by atoms with Gasteiger partial charge in [-0.05, 0) is 44.2 Å². The first kappa shape index (κ1) is 10.3. The molecule has 1 aromatic carbocycles. The van der Waals surface area contributed by atoms with Gasteiger partial charge in [-0.3, -0.25) is 4.79 Å². The van der Waals surface area contributed by atoms with Gasteiger partial charge in [-0.15, -0.1) is 0 Å². The molecule has 0 spiro atoms. The third-order valence-electron chi connectivity index (χ3n) is 2.99. The maximum absolute atomic E-state index is 12.7. The summed E-state index contributed by atoms with van der Waals surface area (Å²) in [6.45, 7) is 2.90. The third-order valence-corrected chi connectivity index (χ3v) is 2.99. The number of carbonyl (C=O) groups excluding carboxylic acids is 1. The number of halogens is 1. The van der Waals surface area contributed by atoms with E-state index in [4.69, 9.17) is 0 Å². The van der Waals surface area contributed by atoms with Crippen molar-refractivity contribution in [3.63, 3.8) is 0 Å². The highest BCUT2D eigenvalue weighted by Gasteiger charge is 2.29. The van der Waals surface area contributed by atoms with Crippen LogP contribution in [0.25, 0.3) is 0 Å². The molecule has 80 valence electrons. The second-order valence-electron chi connectivity index (χ2n) is 4.01. The topological polar surface area (TPSA) is 29.1 Å². The Balaban J connectivity index is 2.17. The maximum atomic E-state index is 12.7. The molecule has 2 atom stereocenters. The zero-order valence-corrected chi connectivity index (χ0v) is 8.66. The molecular formula is C12H14FNO. The summed E-state index contributed by atoms with van der Waals surface area (Å²) in [5.41, 5.74) is 0.608. The molecule has 3 heteroatoms. The molecule has 1 aliphatic heterocycles. The van der Waals surface area contributed by atoms with Crippen molar-refractivity contribution >= 4 is 5.78 Å². The summed E-state index contributed by atoms with van der Waals surface area (Å²) in [5.74, 6) is -0.146. The van der Waals surface area contributed by atoms with Gasteiger partial charge in [0.2, 0.25) is 0 Å². The van der Waals surface area contributed by atoms with Crippen LogP contribution in [0.2, 0.25) is 0 Å². The Hall–Kier alpha value is -1.22. The number of benzene rings is 1. The van der Waals surface area contributed by atoms with E-state index in [0.717, 1.165) is 13.0 Å². The van der Waals surface area contributed by atoms with Gasteiger partial charge in [0.05, 0.1) is 0 Å². The summed E-state index contributed by atoms with van der Waals surface area (Å²) >= 11 is 0. The predicted octanol–water partition coefficient (Wildman–Crippen LogP) is 2.01. The predicted molar refractivity (Wildman–Crippen MR) is 56.3 cm³/mol. The normalized spacial score (nSPS) is 25.5. The zero-order valence-electron chi connectivity index (χ0n) is 8.66. The van der Waals surface area contributed by atoms with Crippen molar-refractivity contribution in [2.45, 2.75) is 19.4 Å². The fourth-order valence-electron chi connectivity index (χ4n) is 2.05. The molecule has 1 fully saturated rings. The lowest BCUT2D eigenvalue weighted by Gasteiger charge is -2.13. The van der Waals surface area contributed by atoms with Crippen LogP contribution in [-0.2, 0) is 0 Å². The number of nitrogens with one attached hydrogen (secondary N) is 1. The number of rotatable bonds is 2. The van der Waals surface area contributed by atoms with Crippen LogP contribution < -0.4 is 5.32 Å². The first-order valence-electron chi connectivity index (χ1n) is 5.21. The molecule has 15 heavy (non-hydrogen) atoms. The number of hydrogen-bond acceptors (Lipinski definition) is 2. The Morgan fingerprint density at radius 1 is 1.40 bits per heavy atom. The highest BCUT2D eigenvalue weighted by atomic mass is 19.1. The van der Waals surface area contributed by atoms with E-state index >= 15 is 0 Å². The molecule has 0 aromatic heterocycles. The van der Waals surface area contributed by atoms with Crippen molar-refractivity contribution in [2.75, 3.05) is 6.54 Å². The molecule has 2 unspecified atom stereocenters. The van der Waals surface area contributed by atoms with Crippen LogP contribution >= 0.6 is 0 Å². The lowest BCUT2D eigenvalue weighted by Crippen LogP contribution is -2.28. The van der Waals surface area contributed by atoms with Crippen molar-refractivity contribution in [1.29, 1.82) is 0 Å². The van der Waals surface area contributed by atoms with Crippen molar-refractivity contribution in [3.05, 3.63) is 35.6 Å². The molecular weight excluding hydrogens is 193 g/mol. The second kappa shape index (κ2) is 4.11. The van der Waals surface area contributed by atoms with Crippen molar-refractivity contribution in [1.82, 2.24) is 5.32 Å². The molecule has 2 rings (SSSR count). The Kier molecular flexibility index (Phi) is 2.82. The summed E-state index contributed by atoms with van der Waals surface area (Å²) in [5, 5.41) is 3.24. The van der Waals surface area contributed by atoms with E-state index in [-0.39, 0.29) is 23.6 Å². The quantitative estimate of drug-likeness (QED) is 0.751. The van der Waals surface area contributed by atoms with Gasteiger partial charge < -0.3 is 5.32 Å². The standard InChI is InChI=1S/C12H14FNO/c1-8-11(6-7-14-8)12(15)9-2-4-10(13)5-3-9/h2-5,8,11,14H,6-7H2,1H3. The van der Waals surface area contributed by atoms with Gasteiger partial charge >= 0.3 is 0 Å². The monoisotopic (exact) mass is 207 g/mol. The van der Waals surface area contributed by atoms with Crippen molar-refractivity contribution in [2.24, 2.45) is 5.92 Å². The molecule has 1 N–H and O–H groups in total. The largest absolute Gasteiger partial charge is 0.313 e. The summed E-state index contributed by atoms with van der Waals surface area (Å²) in [4.78, 5) is 12.0. The van der Waals surface area contributed by atoms with Crippen LogP contribution in [-0.4, -0.2) is 18.4 Å². The summed E-state index contributed by atoms with van der Waals surface area (Å²) in [7, 11) is 0. The van der Waals surface area contributed by atoms with Gasteiger partial charge in [0.15, 0.2) is 5.78 Å². The van der Waals surface area contributed by atoms with Gasteiger partial charge in [0.25, 0.3) is 0 Å². The highest BCUT2D eigenvalue weighted by molar-refractivity contribution is 5.98. The summed E-state index contributed by atoms with van der Waals surface area (Å²) in [6, 6.07) is 6.01. The molecule has 1 saturated heterocycles. The first-order chi connectivity index (χ1) is 7.18. The third kappa shape index (κ3) is 2.07. The van der Waals surface area contributed by atoms with Crippen LogP contribution in [0.5, 0.6) is 0 Å². The van der Waals surface area contributed by atoms with Gasteiger partial charge in [-0.2, -0.15) is 0 Å². The molecule has 0 amide bonds. The molecule has 1 aliphatic rings. The minimum atomic E-state index is -0.302. The minimum absolute atomic E-state index is 0.0375. The lowest BCUT2D eigenvalue weighted by molar-refractivity contribution is 0.0914. The molecule has 0 aliphatic carbocycles. The lowest BCUT2D eigenvalue weighted by atomic mass is 9.92. The van der Waals surface area contributed by atoms with Gasteiger partial charge in [0.1, 0.15) is 5.82 Å². The Morgan fingerprint density at radius 3 is 2.60 bits per heavy atom. The average molecular weight is 207 g/mol. The highest BCUT2D eigenvalue weighted by Crippen LogP contribution is 2.20. The second-order valence-corrected chi connectivity index (χ2v) is 4.01. The fraction of sp³-hybridized carbons (Fsp3) is 0.417. The van der Waals surface area contributed by atoms with Crippen molar-refractivity contribution < 1.29 is 9.18 Å². The van der Waals surface area contributed by atoms with E-state index in [0.29, 0.717) is 5.56 Å². The molecule has 1 heterocycles. The SMILES string of the molecule is CC1NCCC1C(=O)c1ccc(F)cc1. The van der Waals surface area contributed by atoms with E-state index in [1.807, 2.05) is 6.92 Å². The minimum Gasteiger partial charge on any atom is -0.313 e. The molecule has 2 nitrogen and oxygen atoms in total. The number of Topliss-reactive ketones (excluding diaryl/α,β-unsaturated/α-hetero) is 1. The Bertz CT molecular complexity index is 360. The van der Waals surface area contributed by atoms with E-state index in [1.54, 1.807) is 12.1 Å². The summed E-state index contributed by atoms with van der Waals surface area (Å²) < 4.78 is 12.7. The summed E-state index contributed by atoms with van der Waals surface area (Å²) in [6.07, 6.45) is 0.872.